The van der Waals surface area contributed by atoms with Crippen LogP contribution in [-0.4, -0.2) is 19.5 Å². The second-order valence-electron chi connectivity index (χ2n) is 3.06. The smallest absolute Gasteiger partial charge is 0.0992 e. The fraction of sp³-hybridized carbons (Fsp3) is 0.364. The van der Waals surface area contributed by atoms with E-state index in [1.165, 1.54) is 0 Å². The Bertz CT molecular complexity index is 360. The van der Waals surface area contributed by atoms with Crippen LogP contribution in [0.1, 0.15) is 12.0 Å². The number of rotatable bonds is 5. The van der Waals surface area contributed by atoms with Gasteiger partial charge in [-0.3, -0.25) is 0 Å². The number of ether oxygens (including phenoxy) is 1. The lowest BCUT2D eigenvalue weighted by molar-refractivity contribution is 0.200. The number of nitrogen functional groups attached to an aromatic ring is 1. The van der Waals surface area contributed by atoms with Gasteiger partial charge in [-0.2, -0.15) is 5.26 Å². The number of nitriles is 1. The molecule has 0 aliphatic rings. The number of hydrogen-bond acceptors (Lipinski definition) is 4. The summed E-state index contributed by atoms with van der Waals surface area (Å²) in [6, 6.07) is 7.45. The van der Waals surface area contributed by atoms with Gasteiger partial charge < -0.3 is 10.5 Å². The Morgan fingerprint density at radius 1 is 1.53 bits per heavy atom. The maximum absolute atomic E-state index is 8.67. The molecule has 0 saturated heterocycles. The van der Waals surface area contributed by atoms with Crippen LogP contribution in [-0.2, 0) is 4.74 Å². The van der Waals surface area contributed by atoms with Crippen LogP contribution in [0, 0.1) is 11.3 Å². The van der Waals surface area contributed by atoms with Crippen LogP contribution in [0.3, 0.4) is 0 Å². The molecular weight excluding hydrogens is 208 g/mol. The summed E-state index contributed by atoms with van der Waals surface area (Å²) < 4.78 is 4.96. The normalized spacial score (nSPS) is 9.87. The Hall–Kier alpha value is -1.18. The Labute approximate surface area is 94.2 Å². The van der Waals surface area contributed by atoms with Gasteiger partial charge in [-0.25, -0.2) is 0 Å². The van der Waals surface area contributed by atoms with Gasteiger partial charge in [0.05, 0.1) is 11.6 Å². The Kier molecular flexibility index (Phi) is 5.02. The van der Waals surface area contributed by atoms with Crippen molar-refractivity contribution in [3.05, 3.63) is 23.8 Å². The summed E-state index contributed by atoms with van der Waals surface area (Å²) in [5.41, 5.74) is 7.09. The third-order valence-corrected chi connectivity index (χ3v) is 3.06. The zero-order chi connectivity index (χ0) is 11.1. The first kappa shape index (κ1) is 11.9. The van der Waals surface area contributed by atoms with E-state index < -0.39 is 0 Å². The number of hydrogen-bond donors (Lipinski definition) is 1. The average molecular weight is 222 g/mol. The summed E-state index contributed by atoms with van der Waals surface area (Å²) >= 11 is 1.69. The molecule has 0 unspecified atom stereocenters. The molecule has 0 radical (unpaired) electrons. The number of methoxy groups -OCH3 is 1. The molecule has 3 nitrogen and oxygen atoms in total. The number of nitrogens with zero attached hydrogens (tertiary/aromatic N) is 1. The number of anilines is 1. The molecule has 1 aromatic carbocycles. The fourth-order valence-electron chi connectivity index (χ4n) is 1.13. The van der Waals surface area contributed by atoms with Crippen LogP contribution < -0.4 is 5.73 Å². The van der Waals surface area contributed by atoms with Crippen molar-refractivity contribution >= 4 is 17.4 Å². The van der Waals surface area contributed by atoms with E-state index in [4.69, 9.17) is 15.7 Å². The van der Waals surface area contributed by atoms with Crippen molar-refractivity contribution in [2.75, 3.05) is 25.2 Å². The first-order valence-electron chi connectivity index (χ1n) is 4.69. The van der Waals surface area contributed by atoms with Crippen LogP contribution in [0.15, 0.2) is 23.1 Å². The molecule has 0 aliphatic carbocycles. The van der Waals surface area contributed by atoms with Gasteiger partial charge in [-0.1, -0.05) is 0 Å². The van der Waals surface area contributed by atoms with Crippen molar-refractivity contribution in [1.29, 1.82) is 5.26 Å². The Morgan fingerprint density at radius 3 is 2.93 bits per heavy atom. The third kappa shape index (κ3) is 3.82. The molecule has 0 bridgehead atoms. The molecule has 1 rings (SSSR count). The molecule has 80 valence electrons. The van der Waals surface area contributed by atoms with Gasteiger partial charge in [-0.05, 0) is 24.6 Å². The minimum absolute atomic E-state index is 0.605. The van der Waals surface area contributed by atoms with E-state index >= 15 is 0 Å². The third-order valence-electron chi connectivity index (χ3n) is 1.89. The van der Waals surface area contributed by atoms with Gasteiger partial charge in [0, 0.05) is 30.1 Å². The van der Waals surface area contributed by atoms with Gasteiger partial charge in [0.1, 0.15) is 0 Å². The zero-order valence-corrected chi connectivity index (χ0v) is 9.51. The molecule has 0 heterocycles. The Balaban J connectivity index is 2.52. The van der Waals surface area contributed by atoms with Crippen molar-refractivity contribution in [1.82, 2.24) is 0 Å². The minimum atomic E-state index is 0.605. The van der Waals surface area contributed by atoms with E-state index in [1.807, 2.05) is 6.07 Å². The van der Waals surface area contributed by atoms with Gasteiger partial charge in [0.25, 0.3) is 0 Å². The van der Waals surface area contributed by atoms with Gasteiger partial charge in [-0.15, -0.1) is 11.8 Å². The highest BCUT2D eigenvalue weighted by atomic mass is 32.2. The van der Waals surface area contributed by atoms with Crippen LogP contribution in [0.25, 0.3) is 0 Å². The largest absolute Gasteiger partial charge is 0.398 e. The molecule has 0 aromatic heterocycles. The van der Waals surface area contributed by atoms with Crippen LogP contribution in [0.5, 0.6) is 0 Å². The highest BCUT2D eigenvalue weighted by molar-refractivity contribution is 7.99. The molecule has 2 N–H and O–H groups in total. The fourth-order valence-corrected chi connectivity index (χ4v) is 2.01. The molecule has 1 aromatic rings. The first-order valence-corrected chi connectivity index (χ1v) is 5.68. The molecule has 0 amide bonds. The SMILES string of the molecule is COCCCSc1ccc(C#N)cc1N. The number of thioether (sulfide) groups is 1. The maximum Gasteiger partial charge on any atom is 0.0992 e. The Morgan fingerprint density at radius 2 is 2.33 bits per heavy atom. The van der Waals surface area contributed by atoms with Crippen LogP contribution >= 0.6 is 11.8 Å². The summed E-state index contributed by atoms with van der Waals surface area (Å²) in [5.74, 6) is 0.976. The lowest BCUT2D eigenvalue weighted by Crippen LogP contribution is -1.93. The topological polar surface area (TPSA) is 59.0 Å². The second kappa shape index (κ2) is 6.33. The zero-order valence-electron chi connectivity index (χ0n) is 8.69. The lowest BCUT2D eigenvalue weighted by Gasteiger charge is -2.05. The van der Waals surface area contributed by atoms with Crippen LogP contribution in [0.4, 0.5) is 5.69 Å². The summed E-state index contributed by atoms with van der Waals surface area (Å²) in [7, 11) is 1.70. The quantitative estimate of drug-likeness (QED) is 0.471. The molecule has 4 heteroatoms. The van der Waals surface area contributed by atoms with Crippen molar-refractivity contribution in [3.8, 4) is 6.07 Å². The number of benzene rings is 1. The molecule has 0 spiro atoms. The lowest BCUT2D eigenvalue weighted by atomic mass is 10.2. The van der Waals surface area contributed by atoms with E-state index in [9.17, 15) is 0 Å². The summed E-state index contributed by atoms with van der Waals surface area (Å²) in [6.45, 7) is 0.767. The highest BCUT2D eigenvalue weighted by Gasteiger charge is 2.01. The number of nitrogens with two attached hydrogens (primary N) is 1. The van der Waals surface area contributed by atoms with Gasteiger partial charge in [0.2, 0.25) is 0 Å². The van der Waals surface area contributed by atoms with Crippen LogP contribution in [0.2, 0.25) is 0 Å². The van der Waals surface area contributed by atoms with Gasteiger partial charge >= 0.3 is 0 Å². The molecule has 0 atom stereocenters. The summed E-state index contributed by atoms with van der Waals surface area (Å²) in [5, 5.41) is 8.67. The predicted molar refractivity (Wildman–Crippen MR) is 62.8 cm³/mol. The summed E-state index contributed by atoms with van der Waals surface area (Å²) in [6.07, 6.45) is 1.00. The first-order chi connectivity index (χ1) is 7.27. The molecule has 0 aliphatic heterocycles. The van der Waals surface area contributed by atoms with Crippen molar-refractivity contribution in [2.24, 2.45) is 0 Å². The van der Waals surface area contributed by atoms with Crippen molar-refractivity contribution in [2.45, 2.75) is 11.3 Å². The van der Waals surface area contributed by atoms with E-state index in [2.05, 4.69) is 6.07 Å². The predicted octanol–water partition coefficient (Wildman–Crippen LogP) is 2.27. The molecule has 0 saturated carbocycles. The average Bonchev–Trinajstić information content (AvgIpc) is 2.26. The maximum atomic E-state index is 8.67. The standard InChI is InChI=1S/C11H14N2OS/c1-14-5-2-6-15-11-4-3-9(8-12)7-10(11)13/h3-4,7H,2,5-6,13H2,1H3. The van der Waals surface area contributed by atoms with E-state index in [0.717, 1.165) is 23.7 Å². The van der Waals surface area contributed by atoms with Crippen molar-refractivity contribution < 1.29 is 4.74 Å². The van der Waals surface area contributed by atoms with Gasteiger partial charge in [0.15, 0.2) is 0 Å². The second-order valence-corrected chi connectivity index (χ2v) is 4.20. The molecule has 15 heavy (non-hydrogen) atoms. The monoisotopic (exact) mass is 222 g/mol. The van der Waals surface area contributed by atoms with E-state index in [-0.39, 0.29) is 0 Å². The highest BCUT2D eigenvalue weighted by Crippen LogP contribution is 2.26. The minimum Gasteiger partial charge on any atom is -0.398 e. The molecular formula is C11H14N2OS. The van der Waals surface area contributed by atoms with Crippen molar-refractivity contribution in [3.63, 3.8) is 0 Å². The molecule has 0 fully saturated rings. The summed E-state index contributed by atoms with van der Waals surface area (Å²) in [4.78, 5) is 1.03. The van der Waals surface area contributed by atoms with E-state index in [1.54, 1.807) is 31.0 Å². The van der Waals surface area contributed by atoms with E-state index in [0.29, 0.717) is 11.3 Å².